The molecular formula is C13H20N2O2. The molecule has 1 saturated carbocycles. The van der Waals surface area contributed by atoms with Crippen molar-refractivity contribution in [2.75, 3.05) is 19.8 Å². The first-order chi connectivity index (χ1) is 8.28. The van der Waals surface area contributed by atoms with E-state index in [2.05, 4.69) is 10.1 Å². The first kappa shape index (κ1) is 11.2. The molecule has 17 heavy (non-hydrogen) atoms. The monoisotopic (exact) mass is 236 g/mol. The van der Waals surface area contributed by atoms with Gasteiger partial charge in [0.15, 0.2) is 0 Å². The predicted octanol–water partition coefficient (Wildman–Crippen LogP) is 2.13. The Morgan fingerprint density at radius 3 is 2.94 bits per heavy atom. The van der Waals surface area contributed by atoms with Gasteiger partial charge in [-0.15, -0.1) is 0 Å². The Bertz CT molecular complexity index is 383. The highest BCUT2D eigenvalue weighted by Crippen LogP contribution is 2.38. The summed E-state index contributed by atoms with van der Waals surface area (Å²) in [5, 5.41) is 4.11. The van der Waals surface area contributed by atoms with Crippen molar-refractivity contribution >= 4 is 0 Å². The topological polar surface area (TPSA) is 38.5 Å². The third-order valence-electron chi connectivity index (χ3n) is 4.11. The third kappa shape index (κ3) is 2.11. The Hall–Kier alpha value is -0.870. The Balaban J connectivity index is 1.75. The van der Waals surface area contributed by atoms with Crippen molar-refractivity contribution in [2.24, 2.45) is 0 Å². The minimum atomic E-state index is 0.283. The van der Waals surface area contributed by atoms with Gasteiger partial charge in [-0.05, 0) is 19.8 Å². The zero-order chi connectivity index (χ0) is 11.7. The van der Waals surface area contributed by atoms with Crippen LogP contribution in [0.2, 0.25) is 0 Å². The van der Waals surface area contributed by atoms with E-state index >= 15 is 0 Å². The Morgan fingerprint density at radius 2 is 2.24 bits per heavy atom. The molecule has 4 heteroatoms. The van der Waals surface area contributed by atoms with Crippen LogP contribution in [-0.4, -0.2) is 35.4 Å². The van der Waals surface area contributed by atoms with Crippen molar-refractivity contribution in [3.05, 3.63) is 17.5 Å². The number of hydrogen-bond donors (Lipinski definition) is 0. The van der Waals surface area contributed by atoms with E-state index in [9.17, 15) is 0 Å². The molecule has 0 atom stereocenters. The molecule has 0 unspecified atom stereocenters. The zero-order valence-electron chi connectivity index (χ0n) is 10.4. The molecule has 2 heterocycles. The number of hydrogen-bond acceptors (Lipinski definition) is 4. The molecule has 1 aromatic heterocycles. The minimum absolute atomic E-state index is 0.283. The lowest BCUT2D eigenvalue weighted by molar-refractivity contribution is -0.0710. The lowest BCUT2D eigenvalue weighted by Crippen LogP contribution is -2.54. The van der Waals surface area contributed by atoms with Crippen LogP contribution in [-0.2, 0) is 11.3 Å². The van der Waals surface area contributed by atoms with Crippen molar-refractivity contribution in [1.29, 1.82) is 0 Å². The van der Waals surface area contributed by atoms with Crippen LogP contribution in [0.3, 0.4) is 0 Å². The van der Waals surface area contributed by atoms with Crippen LogP contribution in [0.1, 0.15) is 37.1 Å². The largest absolute Gasteiger partial charge is 0.378 e. The Labute approximate surface area is 102 Å². The van der Waals surface area contributed by atoms with Gasteiger partial charge in [0.25, 0.3) is 0 Å². The molecule has 0 radical (unpaired) electrons. The average Bonchev–Trinajstić information content (AvgIpc) is 2.93. The number of ether oxygens (including phenoxy) is 1. The van der Waals surface area contributed by atoms with Gasteiger partial charge in [0, 0.05) is 24.7 Å². The van der Waals surface area contributed by atoms with Crippen LogP contribution >= 0.6 is 0 Å². The molecule has 0 amide bonds. The van der Waals surface area contributed by atoms with Gasteiger partial charge in [0.05, 0.1) is 18.9 Å². The van der Waals surface area contributed by atoms with Crippen LogP contribution in [0.4, 0.5) is 0 Å². The van der Waals surface area contributed by atoms with Crippen LogP contribution in [0, 0.1) is 6.92 Å². The highest BCUT2D eigenvalue weighted by molar-refractivity contribution is 5.06. The second-order valence-electron chi connectivity index (χ2n) is 5.33. The standard InChI is InChI=1S/C13H20N2O2/c1-11-8-12(14-17-11)9-15-6-7-16-10-13(15)4-2-3-5-13/h8H,2-7,9-10H2,1H3. The van der Waals surface area contributed by atoms with E-state index in [-0.39, 0.29) is 5.54 Å². The Morgan fingerprint density at radius 1 is 1.41 bits per heavy atom. The zero-order valence-corrected chi connectivity index (χ0v) is 10.4. The van der Waals surface area contributed by atoms with E-state index < -0.39 is 0 Å². The van der Waals surface area contributed by atoms with Gasteiger partial charge in [-0.3, -0.25) is 4.90 Å². The molecule has 2 aliphatic rings. The summed E-state index contributed by atoms with van der Waals surface area (Å²) in [7, 11) is 0. The highest BCUT2D eigenvalue weighted by Gasteiger charge is 2.41. The van der Waals surface area contributed by atoms with Crippen molar-refractivity contribution in [3.8, 4) is 0 Å². The quantitative estimate of drug-likeness (QED) is 0.788. The van der Waals surface area contributed by atoms with Crippen molar-refractivity contribution in [2.45, 2.75) is 44.7 Å². The summed E-state index contributed by atoms with van der Waals surface area (Å²) >= 11 is 0. The Kier molecular flexibility index (Phi) is 2.92. The van der Waals surface area contributed by atoms with E-state index in [1.165, 1.54) is 25.7 Å². The first-order valence-electron chi connectivity index (χ1n) is 6.54. The molecule has 2 fully saturated rings. The summed E-state index contributed by atoms with van der Waals surface area (Å²) in [5.74, 6) is 0.897. The van der Waals surface area contributed by atoms with Gasteiger partial charge in [-0.2, -0.15) is 0 Å². The lowest BCUT2D eigenvalue weighted by atomic mass is 9.94. The molecule has 1 aliphatic carbocycles. The van der Waals surface area contributed by atoms with Crippen LogP contribution in [0.15, 0.2) is 10.6 Å². The molecule has 0 aromatic carbocycles. The van der Waals surface area contributed by atoms with Gasteiger partial charge in [-0.1, -0.05) is 18.0 Å². The second kappa shape index (κ2) is 4.42. The van der Waals surface area contributed by atoms with Crippen LogP contribution < -0.4 is 0 Å². The van der Waals surface area contributed by atoms with E-state index in [4.69, 9.17) is 9.26 Å². The van der Waals surface area contributed by atoms with Gasteiger partial charge in [-0.25, -0.2) is 0 Å². The number of rotatable bonds is 2. The molecule has 1 aromatic rings. The predicted molar refractivity (Wildman–Crippen MR) is 63.7 cm³/mol. The van der Waals surface area contributed by atoms with Crippen LogP contribution in [0.25, 0.3) is 0 Å². The molecule has 94 valence electrons. The highest BCUT2D eigenvalue weighted by atomic mass is 16.5. The van der Waals surface area contributed by atoms with Crippen molar-refractivity contribution in [3.63, 3.8) is 0 Å². The molecule has 1 spiro atoms. The van der Waals surface area contributed by atoms with E-state index in [0.717, 1.165) is 37.8 Å². The summed E-state index contributed by atoms with van der Waals surface area (Å²) in [6, 6.07) is 2.04. The fourth-order valence-corrected chi connectivity index (χ4v) is 3.19. The van der Waals surface area contributed by atoms with Gasteiger partial charge < -0.3 is 9.26 Å². The fraction of sp³-hybridized carbons (Fsp3) is 0.769. The number of aromatic nitrogens is 1. The maximum absolute atomic E-state index is 5.69. The fourth-order valence-electron chi connectivity index (χ4n) is 3.19. The molecule has 3 rings (SSSR count). The van der Waals surface area contributed by atoms with Crippen LogP contribution in [0.5, 0.6) is 0 Å². The van der Waals surface area contributed by atoms with E-state index in [1.807, 2.05) is 13.0 Å². The third-order valence-corrected chi connectivity index (χ3v) is 4.11. The maximum atomic E-state index is 5.69. The van der Waals surface area contributed by atoms with Gasteiger partial charge in [0.2, 0.25) is 0 Å². The summed E-state index contributed by atoms with van der Waals surface area (Å²) < 4.78 is 10.8. The summed E-state index contributed by atoms with van der Waals surface area (Å²) in [6.45, 7) is 5.61. The average molecular weight is 236 g/mol. The van der Waals surface area contributed by atoms with E-state index in [1.54, 1.807) is 0 Å². The molecule has 0 bridgehead atoms. The molecule has 4 nitrogen and oxygen atoms in total. The van der Waals surface area contributed by atoms with E-state index in [0.29, 0.717) is 0 Å². The molecule has 1 aliphatic heterocycles. The molecule has 1 saturated heterocycles. The van der Waals surface area contributed by atoms with Gasteiger partial charge >= 0.3 is 0 Å². The molecular weight excluding hydrogens is 216 g/mol. The SMILES string of the molecule is Cc1cc(CN2CCOCC23CCCC3)no1. The molecule has 0 N–H and O–H groups in total. The van der Waals surface area contributed by atoms with Crippen molar-refractivity contribution in [1.82, 2.24) is 10.1 Å². The first-order valence-corrected chi connectivity index (χ1v) is 6.54. The lowest BCUT2D eigenvalue weighted by Gasteiger charge is -2.44. The number of aryl methyl sites for hydroxylation is 1. The smallest absolute Gasteiger partial charge is 0.133 e. The summed E-state index contributed by atoms with van der Waals surface area (Å²) in [4.78, 5) is 2.56. The maximum Gasteiger partial charge on any atom is 0.133 e. The minimum Gasteiger partial charge on any atom is -0.378 e. The van der Waals surface area contributed by atoms with Crippen molar-refractivity contribution < 1.29 is 9.26 Å². The summed E-state index contributed by atoms with van der Waals surface area (Å²) in [6.07, 6.45) is 5.20. The second-order valence-corrected chi connectivity index (χ2v) is 5.33. The summed E-state index contributed by atoms with van der Waals surface area (Å²) in [5.41, 5.74) is 1.33. The number of nitrogens with zero attached hydrogens (tertiary/aromatic N) is 2. The number of morpholine rings is 1. The normalized spacial score (nSPS) is 24.5. The van der Waals surface area contributed by atoms with Gasteiger partial charge in [0.1, 0.15) is 5.76 Å².